The molecular formula is C14H22N2. The second-order valence-corrected chi connectivity index (χ2v) is 5.00. The minimum absolute atomic E-state index is 0.181. The predicted octanol–water partition coefficient (Wildman–Crippen LogP) is 2.26. The lowest BCUT2D eigenvalue weighted by Gasteiger charge is -2.40. The van der Waals surface area contributed by atoms with E-state index in [0.29, 0.717) is 6.04 Å². The van der Waals surface area contributed by atoms with E-state index in [2.05, 4.69) is 54.8 Å². The molecule has 0 spiro atoms. The summed E-state index contributed by atoms with van der Waals surface area (Å²) in [5.41, 5.74) is 1.62. The van der Waals surface area contributed by atoms with Crippen molar-refractivity contribution in [2.75, 3.05) is 13.1 Å². The summed E-state index contributed by atoms with van der Waals surface area (Å²) in [4.78, 5) is 0. The summed E-state index contributed by atoms with van der Waals surface area (Å²) in [5.74, 6) is 0. The first-order valence-corrected chi connectivity index (χ1v) is 6.27. The van der Waals surface area contributed by atoms with Gasteiger partial charge in [-0.2, -0.15) is 0 Å². The van der Waals surface area contributed by atoms with Gasteiger partial charge in [-0.3, -0.25) is 0 Å². The van der Waals surface area contributed by atoms with Gasteiger partial charge in [0, 0.05) is 11.6 Å². The third-order valence-corrected chi connectivity index (χ3v) is 3.35. The van der Waals surface area contributed by atoms with Crippen LogP contribution < -0.4 is 10.6 Å². The molecule has 0 radical (unpaired) electrons. The van der Waals surface area contributed by atoms with Crippen LogP contribution in [0.25, 0.3) is 0 Å². The fourth-order valence-electron chi connectivity index (χ4n) is 2.68. The van der Waals surface area contributed by atoms with Crippen molar-refractivity contribution in [3.63, 3.8) is 0 Å². The third kappa shape index (κ3) is 2.45. The van der Waals surface area contributed by atoms with Crippen molar-refractivity contribution in [3.8, 4) is 0 Å². The number of piperidine rings is 1. The number of hydrogen-bond donors (Lipinski definition) is 2. The molecule has 0 aromatic heterocycles. The van der Waals surface area contributed by atoms with E-state index in [1.165, 1.54) is 18.4 Å². The Hall–Kier alpha value is -0.860. The maximum absolute atomic E-state index is 3.77. The van der Waals surface area contributed by atoms with Gasteiger partial charge in [-0.1, -0.05) is 44.2 Å². The molecule has 1 fully saturated rings. The second-order valence-electron chi connectivity index (χ2n) is 5.00. The van der Waals surface area contributed by atoms with Crippen LogP contribution in [0.5, 0.6) is 0 Å². The van der Waals surface area contributed by atoms with Gasteiger partial charge >= 0.3 is 0 Å². The molecule has 0 saturated carbocycles. The van der Waals surface area contributed by atoms with E-state index in [4.69, 9.17) is 0 Å². The van der Waals surface area contributed by atoms with Crippen LogP contribution in [-0.2, 0) is 5.54 Å². The molecule has 2 nitrogen and oxygen atoms in total. The molecule has 88 valence electrons. The van der Waals surface area contributed by atoms with Crippen LogP contribution in [0, 0.1) is 0 Å². The van der Waals surface area contributed by atoms with Crippen LogP contribution in [0.2, 0.25) is 0 Å². The molecule has 0 amide bonds. The highest BCUT2D eigenvalue weighted by molar-refractivity contribution is 5.25. The second kappa shape index (κ2) is 4.98. The van der Waals surface area contributed by atoms with Gasteiger partial charge in [0.2, 0.25) is 0 Å². The normalized spacial score (nSPS) is 19.9. The van der Waals surface area contributed by atoms with Crippen molar-refractivity contribution in [2.24, 2.45) is 0 Å². The Morgan fingerprint density at radius 2 is 1.75 bits per heavy atom. The first-order chi connectivity index (χ1) is 7.73. The zero-order valence-corrected chi connectivity index (χ0v) is 10.3. The Morgan fingerprint density at radius 3 is 2.31 bits per heavy atom. The van der Waals surface area contributed by atoms with Crippen molar-refractivity contribution < 1.29 is 0 Å². The molecule has 1 aromatic rings. The van der Waals surface area contributed by atoms with Gasteiger partial charge in [-0.15, -0.1) is 0 Å². The van der Waals surface area contributed by atoms with Gasteiger partial charge in [-0.05, 0) is 31.5 Å². The van der Waals surface area contributed by atoms with Crippen LogP contribution in [0.1, 0.15) is 32.3 Å². The van der Waals surface area contributed by atoms with Gasteiger partial charge in [0.15, 0.2) is 0 Å². The average Bonchev–Trinajstić information content (AvgIpc) is 2.30. The molecular weight excluding hydrogens is 196 g/mol. The highest BCUT2D eigenvalue weighted by atomic mass is 15.0. The molecule has 2 heteroatoms. The van der Waals surface area contributed by atoms with E-state index in [-0.39, 0.29) is 5.54 Å². The molecule has 16 heavy (non-hydrogen) atoms. The maximum atomic E-state index is 3.77. The Kier molecular flexibility index (Phi) is 3.62. The highest BCUT2D eigenvalue weighted by Crippen LogP contribution is 2.30. The molecule has 1 saturated heterocycles. The van der Waals surface area contributed by atoms with E-state index in [1.807, 2.05) is 0 Å². The number of nitrogens with one attached hydrogen (secondary N) is 2. The molecule has 1 aliphatic rings. The molecule has 2 N–H and O–H groups in total. The molecule has 0 aliphatic carbocycles. The lowest BCUT2D eigenvalue weighted by molar-refractivity contribution is 0.228. The minimum atomic E-state index is 0.181. The average molecular weight is 218 g/mol. The van der Waals surface area contributed by atoms with Crippen LogP contribution in [0.4, 0.5) is 0 Å². The van der Waals surface area contributed by atoms with Crippen molar-refractivity contribution in [1.29, 1.82) is 0 Å². The van der Waals surface area contributed by atoms with Crippen LogP contribution >= 0.6 is 0 Å². The molecule has 0 unspecified atom stereocenters. The quantitative estimate of drug-likeness (QED) is 0.813. The monoisotopic (exact) mass is 218 g/mol. The highest BCUT2D eigenvalue weighted by Gasteiger charge is 2.33. The Labute approximate surface area is 98.4 Å². The topological polar surface area (TPSA) is 24.1 Å². The van der Waals surface area contributed by atoms with Crippen LogP contribution in [0.15, 0.2) is 30.3 Å². The first-order valence-electron chi connectivity index (χ1n) is 6.27. The summed E-state index contributed by atoms with van der Waals surface area (Å²) < 4.78 is 0. The van der Waals surface area contributed by atoms with E-state index < -0.39 is 0 Å². The lowest BCUT2D eigenvalue weighted by Crippen LogP contribution is -2.52. The summed E-state index contributed by atoms with van der Waals surface area (Å²) in [6, 6.07) is 11.4. The molecule has 0 atom stereocenters. The van der Waals surface area contributed by atoms with E-state index >= 15 is 0 Å². The zero-order valence-electron chi connectivity index (χ0n) is 10.3. The van der Waals surface area contributed by atoms with Crippen molar-refractivity contribution in [1.82, 2.24) is 10.6 Å². The first kappa shape index (κ1) is 11.6. The number of benzene rings is 1. The van der Waals surface area contributed by atoms with Gasteiger partial charge in [0.25, 0.3) is 0 Å². The molecule has 1 aromatic carbocycles. The van der Waals surface area contributed by atoms with Gasteiger partial charge < -0.3 is 10.6 Å². The van der Waals surface area contributed by atoms with Crippen molar-refractivity contribution in [2.45, 2.75) is 38.3 Å². The Morgan fingerprint density at radius 1 is 1.12 bits per heavy atom. The molecule has 1 aliphatic heterocycles. The lowest BCUT2D eigenvalue weighted by atomic mass is 9.81. The molecule has 2 rings (SSSR count). The minimum Gasteiger partial charge on any atom is -0.317 e. The summed E-state index contributed by atoms with van der Waals surface area (Å²) in [6.45, 7) is 6.67. The van der Waals surface area contributed by atoms with Crippen molar-refractivity contribution >= 4 is 0 Å². The van der Waals surface area contributed by atoms with E-state index in [0.717, 1.165) is 13.1 Å². The smallest absolute Gasteiger partial charge is 0.0460 e. The van der Waals surface area contributed by atoms with Gasteiger partial charge in [0.1, 0.15) is 0 Å². The summed E-state index contributed by atoms with van der Waals surface area (Å²) in [6.07, 6.45) is 2.35. The number of rotatable bonds is 3. The van der Waals surface area contributed by atoms with Crippen LogP contribution in [0.3, 0.4) is 0 Å². The zero-order chi connectivity index (χ0) is 11.4. The van der Waals surface area contributed by atoms with E-state index in [9.17, 15) is 0 Å². The SMILES string of the molecule is CC(C)NC1(c2ccccc2)CCNCC1. The summed E-state index contributed by atoms with van der Waals surface area (Å²) >= 11 is 0. The standard InChI is InChI=1S/C14H22N2/c1-12(2)16-14(8-10-15-11-9-14)13-6-4-3-5-7-13/h3-7,12,15-16H,8-11H2,1-2H3. The van der Waals surface area contributed by atoms with Gasteiger partial charge in [0.05, 0.1) is 0 Å². The maximum Gasteiger partial charge on any atom is 0.0460 e. The largest absolute Gasteiger partial charge is 0.317 e. The molecule has 1 heterocycles. The Balaban J connectivity index is 2.26. The van der Waals surface area contributed by atoms with Crippen LogP contribution in [-0.4, -0.2) is 19.1 Å². The van der Waals surface area contributed by atoms with E-state index in [1.54, 1.807) is 0 Å². The fraction of sp³-hybridized carbons (Fsp3) is 0.571. The third-order valence-electron chi connectivity index (χ3n) is 3.35. The summed E-state index contributed by atoms with van der Waals surface area (Å²) in [7, 11) is 0. The predicted molar refractivity (Wildman–Crippen MR) is 68.5 cm³/mol. The van der Waals surface area contributed by atoms with Crippen molar-refractivity contribution in [3.05, 3.63) is 35.9 Å². The molecule has 0 bridgehead atoms. The van der Waals surface area contributed by atoms with Gasteiger partial charge in [-0.25, -0.2) is 0 Å². The Bertz CT molecular complexity index is 313. The fourth-order valence-corrected chi connectivity index (χ4v) is 2.68. The number of hydrogen-bond acceptors (Lipinski definition) is 2. The summed E-state index contributed by atoms with van der Waals surface area (Å²) in [5, 5.41) is 7.21.